The van der Waals surface area contributed by atoms with Gasteiger partial charge in [-0.2, -0.15) is 5.70 Å². The number of carboxylic acid groups (broad SMARTS) is 1. The molecule has 1 fully saturated rings. The van der Waals surface area contributed by atoms with Gasteiger partial charge in [0.2, 0.25) is 5.91 Å². The molecule has 33 nitrogen and oxygen atoms in total. The smallest absolute Gasteiger partial charge is 0.682 e. The zero-order chi connectivity index (χ0) is 96.4. The molecule has 0 saturated carbocycles. The summed E-state index contributed by atoms with van der Waals surface area (Å²) in [5.74, 6) is -7.39. The fourth-order valence-electron chi connectivity index (χ4n) is 19.8. The summed E-state index contributed by atoms with van der Waals surface area (Å²) < 4.78 is 51.1. The minimum atomic E-state index is -1.46. The first-order valence-corrected chi connectivity index (χ1v) is 44.0. The van der Waals surface area contributed by atoms with Crippen molar-refractivity contribution in [2.75, 3.05) is 82.2 Å². The summed E-state index contributed by atoms with van der Waals surface area (Å²) in [7, 11) is 7.85. The number of carbonyl (C=O) groups excluding carboxylic acids is 8. The van der Waals surface area contributed by atoms with Crippen LogP contribution in [-0.2, 0) is 122 Å². The zero-order valence-electron chi connectivity index (χ0n) is 78.9. The van der Waals surface area contributed by atoms with Gasteiger partial charge in [-0.3, -0.25) is 58.1 Å². The molecule has 1 saturated heterocycles. The summed E-state index contributed by atoms with van der Waals surface area (Å²) in [6, 6.07) is 6.95. The van der Waals surface area contributed by atoms with Crippen molar-refractivity contribution >= 4 is 121 Å². The Kier molecular flexibility index (Phi) is 36.5. The second kappa shape index (κ2) is 45.8. The third kappa shape index (κ3) is 22.6. The van der Waals surface area contributed by atoms with E-state index >= 15 is 4.79 Å². The fourth-order valence-corrected chi connectivity index (χ4v) is 19.8. The molecule has 0 radical (unpaired) electrons. The van der Waals surface area contributed by atoms with Crippen LogP contribution >= 0.6 is 0 Å². The number of ether oxygens (including phenoxy) is 9. The van der Waals surface area contributed by atoms with Gasteiger partial charge in [0.05, 0.1) is 122 Å². The van der Waals surface area contributed by atoms with Crippen LogP contribution in [0.1, 0.15) is 216 Å². The minimum Gasteiger partial charge on any atom is -0.682 e. The molecule has 9 atom stereocenters. The van der Waals surface area contributed by atoms with Crippen LogP contribution in [0, 0.1) is 82.8 Å². The van der Waals surface area contributed by atoms with E-state index in [1.807, 2.05) is 126 Å². The SMILES string of the molecule is C=CC1=C(C)c2cc3[nH]c(cc4nc(cc5[nH]c(cc1n2)c(C)c5CCC(=O)OCCOCCOCCn1cc(CCCNC(=O)C[C@]2(C)/C5=C(\C)C6=N[C@@](C)(C7[N-]/C(=C(/C)C8=N/C(=C\C(=N5)[C@H]2CCC(=O)OC)C(C)(C)[C@@H]8CCC(=O)OC)[C@](C)(CCC(=O)OC)[C@H]7CC(=O)OC)[C@@](C)(CC(=O)OC)[C@@H]6CCC(=O)OC)nn1)C(CCC(=O)O)=C4C)c(C)c3C=C.[C-]#N.[C-]#N.[Co+3]. The number of aliphatic carboxylic acids is 1. The molecule has 1 unspecified atom stereocenters. The Morgan fingerprint density at radius 1 is 0.583 bits per heavy atom. The van der Waals surface area contributed by atoms with Gasteiger partial charge in [-0.15, -0.1) is 5.10 Å². The predicted molar refractivity (Wildman–Crippen MR) is 491 cm³/mol. The normalized spacial score (nSPS) is 23.4. The van der Waals surface area contributed by atoms with Crippen LogP contribution in [0.15, 0.2) is 99.0 Å². The van der Waals surface area contributed by atoms with E-state index < -0.39 is 105 Å². The summed E-state index contributed by atoms with van der Waals surface area (Å²) in [6.45, 7) is 42.9. The summed E-state index contributed by atoms with van der Waals surface area (Å²) in [6.07, 6.45) is 8.74. The van der Waals surface area contributed by atoms with E-state index in [0.29, 0.717) is 101 Å². The van der Waals surface area contributed by atoms with E-state index in [1.54, 1.807) is 10.8 Å². The Morgan fingerprint density at radius 2 is 1.15 bits per heavy atom. The molecule has 11 rings (SSSR count). The van der Waals surface area contributed by atoms with Crippen LogP contribution in [0.2, 0.25) is 0 Å². The number of carbonyl (C=O) groups is 9. The maximum Gasteiger partial charge on any atom is 3.00 e. The van der Waals surface area contributed by atoms with Crippen molar-refractivity contribution in [3.8, 4) is 0 Å². The largest absolute Gasteiger partial charge is 3.00 e. The number of rotatable bonds is 39. The van der Waals surface area contributed by atoms with E-state index in [4.69, 9.17) is 96.6 Å². The number of H-pyrrole nitrogens is 2. The van der Waals surface area contributed by atoms with Crippen molar-refractivity contribution in [1.29, 1.82) is 10.5 Å². The maximum atomic E-state index is 15.1. The number of carboxylic acids is 1. The number of aliphatic imine (C=N–C) groups is 3. The number of hydrogen-bond donors (Lipinski definition) is 4. The number of aromatic amines is 2. The molecule has 0 spiro atoms. The molecule has 4 N–H and O–H groups in total. The zero-order valence-corrected chi connectivity index (χ0v) is 80.0. The molecule has 4 aromatic rings. The van der Waals surface area contributed by atoms with Crippen LogP contribution in [0.4, 0.5) is 0 Å². The Hall–Kier alpha value is -12.1. The Labute approximate surface area is 781 Å². The van der Waals surface area contributed by atoms with E-state index in [-0.39, 0.29) is 146 Å². The third-order valence-electron chi connectivity index (χ3n) is 27.6. The van der Waals surface area contributed by atoms with Crippen LogP contribution in [0.25, 0.3) is 55.8 Å². The van der Waals surface area contributed by atoms with Gasteiger partial charge >= 0.3 is 64.5 Å². The fraction of sp³-hybridized carbons (Fsp3) is 0.531. The van der Waals surface area contributed by atoms with Crippen molar-refractivity contribution in [2.24, 2.45) is 60.3 Å². The van der Waals surface area contributed by atoms with Crippen LogP contribution in [0.3, 0.4) is 0 Å². The average molecular weight is 1860 g/mol. The van der Waals surface area contributed by atoms with E-state index in [2.05, 4.69) is 38.8 Å². The number of allylic oxidation sites excluding steroid dienone is 11. The molecule has 7 aliphatic rings. The number of aromatic nitrogens is 7. The molecule has 0 aliphatic carbocycles. The molecule has 4 aromatic heterocycles. The van der Waals surface area contributed by atoms with Gasteiger partial charge in [0, 0.05) is 154 Å². The molecule has 7 aliphatic heterocycles. The molecule has 34 heteroatoms. The molecule has 1 amide bonds. The minimum absolute atomic E-state index is 0. The third-order valence-corrected chi connectivity index (χ3v) is 27.6. The molecular weight excluding hydrogens is 1740 g/mol. The predicted octanol–water partition coefficient (Wildman–Crippen LogP) is 14.7. The van der Waals surface area contributed by atoms with Gasteiger partial charge in [-0.25, -0.2) is 14.6 Å². The standard InChI is InChI=1S/C96H124N12O19.2CN.Co/c1-21-60-53(3)68-45-69-55(5)62(25-30-79(110)111)74(100-69)48-75-63(56(6)71(101-75)47-73-61(22-2)54(4)70(99-73)46-72(60)98-68)26-31-84(116)127-43-42-126-41-40-125-39-38-108-52-59(106-107-108)24-23-37-97-78(109)50-94(12)64(27-32-80(112)119-15)76-49-77-92(9,10)65(28-33-81(113)120-16)87(103-77)57(7)89-93(11,36-35-83(115)122-18)67(44-85(117)123-19)91(104-89)96(14)95(13,51-86(118)124-20)66(29-34-82(114)121-17)88(105-96)58(8)90(94)102-76;2*1-2;/h21-22,45-49,52,64-67,91H,1-2,23-44,50-51H2,3-20H3,(H5,97,98,99,100,101,102,103,104,105,106,107,109,110,111);;;/q;2*-1;+3/p-1/t64-,65-,66-,67+,91?,93-,94+,95+,96+;;;/m1.../s1. The van der Waals surface area contributed by atoms with Crippen LogP contribution in [-0.4, -0.2) is 205 Å². The summed E-state index contributed by atoms with van der Waals surface area (Å²) in [5.41, 5.74) is 12.3. The summed E-state index contributed by atoms with van der Waals surface area (Å²) in [5, 5.41) is 40.0. The van der Waals surface area contributed by atoms with Crippen molar-refractivity contribution < 1.29 is 108 Å². The van der Waals surface area contributed by atoms with Gasteiger partial charge in [0.15, 0.2) is 0 Å². The van der Waals surface area contributed by atoms with Gasteiger partial charge < -0.3 is 92.0 Å². The monoisotopic (exact) mass is 1860 g/mol. The van der Waals surface area contributed by atoms with Crippen molar-refractivity contribution in [2.45, 2.75) is 210 Å². The Bertz CT molecular complexity index is 5590. The number of esters is 7. The first-order chi connectivity index (χ1) is 62.4. The second-order valence-electron chi connectivity index (χ2n) is 35.3. The number of nitrogens with one attached hydrogen (secondary N) is 3. The van der Waals surface area contributed by atoms with Gasteiger partial charge in [0.1, 0.15) is 6.61 Å². The van der Waals surface area contributed by atoms with Crippen LogP contribution in [0.5, 0.6) is 0 Å². The maximum absolute atomic E-state index is 15.1. The number of methoxy groups -OCH3 is 6. The molecule has 11 heterocycles. The topological polar surface area (TPSA) is 456 Å². The van der Waals surface area contributed by atoms with Gasteiger partial charge in [0.25, 0.3) is 0 Å². The number of nitrogens with zero attached hydrogens (tertiary/aromatic N) is 11. The summed E-state index contributed by atoms with van der Waals surface area (Å²) >= 11 is 0. The number of fused-ring (bicyclic) bond motifs is 14. The average Bonchev–Trinajstić information content (AvgIpc) is 1.52. The molecule has 132 heavy (non-hydrogen) atoms. The second-order valence-corrected chi connectivity index (χ2v) is 35.3. The number of aryl methyl sites for hydroxylation is 4. The quantitative estimate of drug-likeness (QED) is 0.0139. The van der Waals surface area contributed by atoms with E-state index in [1.165, 1.54) is 42.7 Å². The van der Waals surface area contributed by atoms with Crippen molar-refractivity contribution in [1.82, 2.24) is 40.2 Å². The summed E-state index contributed by atoms with van der Waals surface area (Å²) in [4.78, 5) is 157. The van der Waals surface area contributed by atoms with Crippen molar-refractivity contribution in [3.05, 3.63) is 153 Å². The molecule has 708 valence electrons. The molecule has 0 aromatic carbocycles. The van der Waals surface area contributed by atoms with E-state index in [9.17, 15) is 43.5 Å². The number of hydrogen-bond acceptors (Lipinski definition) is 27. The van der Waals surface area contributed by atoms with Crippen molar-refractivity contribution in [3.63, 3.8) is 0 Å². The Morgan fingerprint density at radius 3 is 1.78 bits per heavy atom. The first kappa shape index (κ1) is 105. The Balaban J connectivity index is 0.00000423. The van der Waals surface area contributed by atoms with Crippen LogP contribution < -0.4 is 5.32 Å². The molecule has 16 bridgehead atoms. The molecular formula is C98H123CoN14O19. The number of amides is 1. The first-order valence-electron chi connectivity index (χ1n) is 44.0. The van der Waals surface area contributed by atoms with E-state index in [0.717, 1.165) is 72.3 Å². The van der Waals surface area contributed by atoms with Gasteiger partial charge in [-0.05, 0) is 186 Å². The van der Waals surface area contributed by atoms with Gasteiger partial charge in [-0.1, -0.05) is 71.2 Å².